The second-order valence-corrected chi connectivity index (χ2v) is 11.8. The quantitative estimate of drug-likeness (QED) is 0.172. The fourth-order valence-corrected chi connectivity index (χ4v) is 5.65. The van der Waals surface area contributed by atoms with E-state index in [4.69, 9.17) is 27.9 Å². The fourth-order valence-electron chi connectivity index (χ4n) is 4.00. The molecule has 4 rings (SSSR count). The summed E-state index contributed by atoms with van der Waals surface area (Å²) in [5, 5.41) is 3.22. The fraction of sp³-hybridized carbons (Fsp3) is 0.207. The lowest BCUT2D eigenvalue weighted by Crippen LogP contribution is -2.36. The number of benzene rings is 3. The van der Waals surface area contributed by atoms with Crippen LogP contribution in [0.3, 0.4) is 0 Å². The van der Waals surface area contributed by atoms with Crippen molar-refractivity contribution in [2.45, 2.75) is 20.5 Å². The molecule has 1 heterocycles. The number of halogens is 3. The molecule has 1 fully saturated rings. The van der Waals surface area contributed by atoms with Crippen LogP contribution in [0.25, 0.3) is 6.08 Å². The first-order chi connectivity index (χ1) is 19.2. The molecule has 1 aliphatic rings. The van der Waals surface area contributed by atoms with Crippen LogP contribution in [0, 0.1) is 3.57 Å². The molecule has 0 atom stereocenters. The van der Waals surface area contributed by atoms with Gasteiger partial charge in [0, 0.05) is 55.3 Å². The molecule has 0 radical (unpaired) electrons. The summed E-state index contributed by atoms with van der Waals surface area (Å²) in [6.07, 6.45) is 1.62. The van der Waals surface area contributed by atoms with Crippen LogP contribution in [-0.4, -0.2) is 41.6 Å². The van der Waals surface area contributed by atoms with Crippen molar-refractivity contribution >= 4 is 92.1 Å². The normalized spacial score (nSPS) is 14.1. The van der Waals surface area contributed by atoms with Crippen molar-refractivity contribution in [3.05, 3.63) is 90.3 Å². The Kier molecular flexibility index (Phi) is 10.4. The average Bonchev–Trinajstić information content (AvgIpc) is 3.18. The van der Waals surface area contributed by atoms with Gasteiger partial charge in [-0.3, -0.25) is 19.3 Å². The predicted molar refractivity (Wildman–Crippen MR) is 171 cm³/mol. The number of nitrogens with zero attached hydrogens (tertiary/aromatic N) is 2. The minimum Gasteiger partial charge on any atom is -0.488 e. The molecule has 1 N–H and O–H groups in total. The highest BCUT2D eigenvalue weighted by Crippen LogP contribution is 2.36. The minimum atomic E-state index is -0.535. The largest absolute Gasteiger partial charge is 0.488 e. The van der Waals surface area contributed by atoms with Crippen LogP contribution in [-0.2, 0) is 16.2 Å². The molecule has 0 unspecified atom stereocenters. The highest BCUT2D eigenvalue weighted by atomic mass is 127. The third kappa shape index (κ3) is 7.51. The first kappa shape index (κ1) is 30.2. The Morgan fingerprint density at radius 1 is 1.05 bits per heavy atom. The number of imide groups is 1. The smallest absolute Gasteiger partial charge is 0.294 e. The maximum atomic E-state index is 13.1. The van der Waals surface area contributed by atoms with Crippen LogP contribution < -0.4 is 15.0 Å². The van der Waals surface area contributed by atoms with Gasteiger partial charge in [-0.05, 0) is 103 Å². The highest BCUT2D eigenvalue weighted by molar-refractivity contribution is 14.1. The van der Waals surface area contributed by atoms with Crippen molar-refractivity contribution in [2.24, 2.45) is 0 Å². The Labute approximate surface area is 261 Å². The number of carbonyl (C=O) groups excluding carboxylic acids is 3. The van der Waals surface area contributed by atoms with Crippen LogP contribution in [0.4, 0.5) is 16.2 Å². The minimum absolute atomic E-state index is 0.179. The summed E-state index contributed by atoms with van der Waals surface area (Å²) >= 11 is 15.3. The van der Waals surface area contributed by atoms with Gasteiger partial charge < -0.3 is 15.0 Å². The maximum absolute atomic E-state index is 13.1. The van der Waals surface area contributed by atoms with Crippen molar-refractivity contribution in [3.8, 4) is 5.75 Å². The van der Waals surface area contributed by atoms with Crippen molar-refractivity contribution in [3.63, 3.8) is 0 Å². The van der Waals surface area contributed by atoms with Crippen LogP contribution in [0.1, 0.15) is 25.0 Å². The first-order valence-electron chi connectivity index (χ1n) is 12.4. The molecule has 0 bridgehead atoms. The van der Waals surface area contributed by atoms with Crippen LogP contribution in [0.5, 0.6) is 5.75 Å². The molecule has 40 heavy (non-hydrogen) atoms. The molecule has 11 heteroatoms. The summed E-state index contributed by atoms with van der Waals surface area (Å²) in [5.41, 5.74) is 2.92. The SMILES string of the molecule is CCN(CC)c1ccc(/C=C2\SC(=O)N(CC(=O)Nc3ccc(I)cc3)C2=O)c(OCc2ccc(Cl)cc2Cl)c1. The van der Waals surface area contributed by atoms with Gasteiger partial charge in [-0.1, -0.05) is 29.3 Å². The van der Waals surface area contributed by atoms with Gasteiger partial charge >= 0.3 is 0 Å². The summed E-state index contributed by atoms with van der Waals surface area (Å²) < 4.78 is 7.20. The van der Waals surface area contributed by atoms with Crippen molar-refractivity contribution in [2.75, 3.05) is 29.9 Å². The second-order valence-electron chi connectivity index (χ2n) is 8.74. The van der Waals surface area contributed by atoms with Gasteiger partial charge in [-0.15, -0.1) is 0 Å². The Bertz CT molecular complexity index is 1460. The Morgan fingerprint density at radius 2 is 1.77 bits per heavy atom. The van der Waals surface area contributed by atoms with E-state index < -0.39 is 17.1 Å². The van der Waals surface area contributed by atoms with E-state index >= 15 is 0 Å². The summed E-state index contributed by atoms with van der Waals surface area (Å²) in [4.78, 5) is 41.7. The van der Waals surface area contributed by atoms with E-state index in [0.29, 0.717) is 27.0 Å². The van der Waals surface area contributed by atoms with E-state index in [0.717, 1.165) is 44.6 Å². The highest BCUT2D eigenvalue weighted by Gasteiger charge is 2.36. The number of hydrogen-bond acceptors (Lipinski definition) is 6. The van der Waals surface area contributed by atoms with Gasteiger partial charge in [0.2, 0.25) is 5.91 Å². The second kappa shape index (κ2) is 13.8. The van der Waals surface area contributed by atoms with Crippen LogP contribution >= 0.6 is 57.6 Å². The van der Waals surface area contributed by atoms with Crippen molar-refractivity contribution in [1.82, 2.24) is 4.90 Å². The number of ether oxygens (including phenoxy) is 1. The zero-order chi connectivity index (χ0) is 28.8. The van der Waals surface area contributed by atoms with Crippen LogP contribution in [0.15, 0.2) is 65.6 Å². The number of carbonyl (C=O) groups is 3. The van der Waals surface area contributed by atoms with Gasteiger partial charge in [0.15, 0.2) is 0 Å². The van der Waals surface area contributed by atoms with E-state index in [1.165, 1.54) is 0 Å². The molecule has 3 amide bonds. The molecule has 208 valence electrons. The van der Waals surface area contributed by atoms with Crippen LogP contribution in [0.2, 0.25) is 10.0 Å². The molecule has 0 aromatic heterocycles. The lowest BCUT2D eigenvalue weighted by Gasteiger charge is -2.22. The molecular weight excluding hydrogens is 684 g/mol. The number of hydrogen-bond donors (Lipinski definition) is 1. The third-order valence-electron chi connectivity index (χ3n) is 6.11. The summed E-state index contributed by atoms with van der Waals surface area (Å²) in [5.74, 6) is -0.469. The van der Waals surface area contributed by atoms with E-state index in [1.54, 1.807) is 36.4 Å². The summed E-state index contributed by atoms with van der Waals surface area (Å²) in [6.45, 7) is 5.54. The van der Waals surface area contributed by atoms with Gasteiger partial charge in [0.1, 0.15) is 18.9 Å². The number of anilines is 2. The monoisotopic (exact) mass is 709 g/mol. The molecule has 7 nitrogen and oxygen atoms in total. The third-order valence-corrected chi connectivity index (χ3v) is 8.33. The van der Waals surface area contributed by atoms with E-state index in [2.05, 4.69) is 46.7 Å². The van der Waals surface area contributed by atoms with Gasteiger partial charge in [-0.2, -0.15) is 0 Å². The number of nitrogens with one attached hydrogen (secondary N) is 1. The standard InChI is InChI=1S/C29H26Cl2IN3O4S/c1-3-34(4-2)23-12-6-18(25(15-23)39-17-19-5-7-20(30)14-24(19)31)13-26-28(37)35(29(38)40-26)16-27(36)33-22-10-8-21(32)9-11-22/h5-15H,3-4,16-17H2,1-2H3,(H,33,36)/b26-13-. The van der Waals surface area contributed by atoms with E-state index in [-0.39, 0.29) is 18.1 Å². The van der Waals surface area contributed by atoms with Crippen molar-refractivity contribution in [1.29, 1.82) is 0 Å². The summed E-state index contributed by atoms with van der Waals surface area (Å²) in [6, 6.07) is 18.1. The Hall–Kier alpha value is -2.73. The lowest BCUT2D eigenvalue weighted by molar-refractivity contribution is -0.127. The zero-order valence-corrected chi connectivity index (χ0v) is 26.2. The van der Waals surface area contributed by atoms with Gasteiger partial charge in [-0.25, -0.2) is 0 Å². The van der Waals surface area contributed by atoms with E-state index in [9.17, 15) is 14.4 Å². The van der Waals surface area contributed by atoms with Crippen molar-refractivity contribution < 1.29 is 19.1 Å². The maximum Gasteiger partial charge on any atom is 0.294 e. The number of thioether (sulfide) groups is 1. The molecular formula is C29H26Cl2IN3O4S. The molecule has 1 saturated heterocycles. The molecule has 0 saturated carbocycles. The molecule has 1 aliphatic heterocycles. The number of rotatable bonds is 10. The molecule has 3 aromatic rings. The zero-order valence-electron chi connectivity index (χ0n) is 21.7. The first-order valence-corrected chi connectivity index (χ1v) is 15.1. The van der Waals surface area contributed by atoms with E-state index in [1.807, 2.05) is 30.3 Å². The van der Waals surface area contributed by atoms with Gasteiger partial charge in [0.05, 0.1) is 4.91 Å². The molecule has 3 aromatic carbocycles. The molecule has 0 spiro atoms. The Morgan fingerprint density at radius 3 is 2.45 bits per heavy atom. The molecule has 0 aliphatic carbocycles. The van der Waals surface area contributed by atoms with Gasteiger partial charge in [0.25, 0.3) is 11.1 Å². The average molecular weight is 710 g/mol. The topological polar surface area (TPSA) is 79.0 Å². The summed E-state index contributed by atoms with van der Waals surface area (Å²) in [7, 11) is 0. The lowest BCUT2D eigenvalue weighted by atomic mass is 10.1. The number of amides is 3. The predicted octanol–water partition coefficient (Wildman–Crippen LogP) is 7.70. The Balaban J connectivity index is 1.55.